The predicted octanol–water partition coefficient (Wildman–Crippen LogP) is 4.10. The maximum Gasteiger partial charge on any atom is 0.291 e. The monoisotopic (exact) mass is 350 g/mol. The molecule has 0 spiro atoms. The fourth-order valence-electron chi connectivity index (χ4n) is 2.39. The van der Waals surface area contributed by atoms with Crippen LogP contribution < -0.4 is 15.4 Å². The van der Waals surface area contributed by atoms with Gasteiger partial charge in [0.15, 0.2) is 5.76 Å². The molecule has 0 unspecified atom stereocenters. The van der Waals surface area contributed by atoms with E-state index in [9.17, 15) is 9.59 Å². The number of rotatable bonds is 5. The smallest absolute Gasteiger partial charge is 0.291 e. The Labute approximate surface area is 150 Å². The second kappa shape index (κ2) is 7.57. The summed E-state index contributed by atoms with van der Waals surface area (Å²) in [6, 6.07) is 15.4. The lowest BCUT2D eigenvalue weighted by atomic mass is 10.1. The van der Waals surface area contributed by atoms with Crippen LogP contribution in [-0.4, -0.2) is 18.9 Å². The first kappa shape index (κ1) is 17.3. The maximum absolute atomic E-state index is 12.5. The third-order valence-electron chi connectivity index (χ3n) is 3.82. The number of benzene rings is 2. The van der Waals surface area contributed by atoms with Crippen molar-refractivity contribution in [2.75, 3.05) is 17.7 Å². The molecule has 2 aromatic carbocycles. The normalized spacial score (nSPS) is 10.2. The molecule has 2 N–H and O–H groups in total. The number of methoxy groups -OCH3 is 1. The Morgan fingerprint density at radius 2 is 1.81 bits per heavy atom. The van der Waals surface area contributed by atoms with Crippen molar-refractivity contribution in [3.8, 4) is 5.75 Å². The molecule has 26 heavy (non-hydrogen) atoms. The Morgan fingerprint density at radius 3 is 2.54 bits per heavy atom. The van der Waals surface area contributed by atoms with Crippen LogP contribution in [0.2, 0.25) is 0 Å². The Balaban J connectivity index is 1.77. The van der Waals surface area contributed by atoms with Crippen LogP contribution in [-0.2, 0) is 0 Å². The third-order valence-corrected chi connectivity index (χ3v) is 3.82. The van der Waals surface area contributed by atoms with Crippen LogP contribution in [0.4, 0.5) is 11.4 Å². The van der Waals surface area contributed by atoms with E-state index in [1.807, 2.05) is 6.92 Å². The molecule has 0 fully saturated rings. The molecular formula is C20H18N2O4. The van der Waals surface area contributed by atoms with Gasteiger partial charge in [0, 0.05) is 23.0 Å². The largest absolute Gasteiger partial charge is 0.497 e. The third kappa shape index (κ3) is 3.92. The summed E-state index contributed by atoms with van der Waals surface area (Å²) in [7, 11) is 1.56. The van der Waals surface area contributed by atoms with Crippen molar-refractivity contribution in [2.24, 2.45) is 0 Å². The molecular weight excluding hydrogens is 332 g/mol. The van der Waals surface area contributed by atoms with Gasteiger partial charge < -0.3 is 19.8 Å². The van der Waals surface area contributed by atoms with Crippen LogP contribution in [0.3, 0.4) is 0 Å². The van der Waals surface area contributed by atoms with E-state index in [-0.39, 0.29) is 17.6 Å². The number of carbonyl (C=O) groups excluding carboxylic acids is 2. The van der Waals surface area contributed by atoms with Gasteiger partial charge in [-0.2, -0.15) is 0 Å². The average molecular weight is 350 g/mol. The van der Waals surface area contributed by atoms with Crippen LogP contribution in [0.25, 0.3) is 0 Å². The molecule has 0 atom stereocenters. The number of furan rings is 1. The lowest BCUT2D eigenvalue weighted by Crippen LogP contribution is -2.15. The van der Waals surface area contributed by atoms with Crippen molar-refractivity contribution in [1.29, 1.82) is 0 Å². The van der Waals surface area contributed by atoms with Gasteiger partial charge in [0.05, 0.1) is 13.4 Å². The number of anilines is 2. The summed E-state index contributed by atoms with van der Waals surface area (Å²) < 4.78 is 10.2. The number of aryl methyl sites for hydroxylation is 1. The minimum Gasteiger partial charge on any atom is -0.497 e. The molecule has 0 bridgehead atoms. The molecule has 2 amide bonds. The molecule has 0 aliphatic heterocycles. The summed E-state index contributed by atoms with van der Waals surface area (Å²) in [4.78, 5) is 24.7. The summed E-state index contributed by atoms with van der Waals surface area (Å²) >= 11 is 0. The van der Waals surface area contributed by atoms with Crippen LogP contribution in [0.15, 0.2) is 65.3 Å². The zero-order chi connectivity index (χ0) is 18.5. The molecule has 0 radical (unpaired) electrons. The minimum atomic E-state index is -0.372. The quantitative estimate of drug-likeness (QED) is 0.726. The van der Waals surface area contributed by atoms with Gasteiger partial charge in [-0.1, -0.05) is 12.1 Å². The van der Waals surface area contributed by atoms with Crippen LogP contribution >= 0.6 is 0 Å². The maximum atomic E-state index is 12.5. The lowest BCUT2D eigenvalue weighted by Gasteiger charge is -2.11. The zero-order valence-corrected chi connectivity index (χ0v) is 14.4. The summed E-state index contributed by atoms with van der Waals surface area (Å²) in [6.07, 6.45) is 1.43. The second-order valence-corrected chi connectivity index (χ2v) is 5.65. The number of hydrogen-bond acceptors (Lipinski definition) is 4. The standard InChI is InChI=1S/C20H18N2O4/c1-13-8-9-14(11-17(13)22-20(24)18-7-4-10-26-18)19(23)21-15-5-3-6-16(12-15)25-2/h3-12H,1-2H3,(H,21,23)(H,22,24). The number of amides is 2. The Kier molecular flexibility index (Phi) is 5.03. The topological polar surface area (TPSA) is 80.6 Å². The first-order chi connectivity index (χ1) is 12.6. The molecule has 1 aromatic heterocycles. The highest BCUT2D eigenvalue weighted by molar-refractivity contribution is 6.07. The molecule has 0 saturated carbocycles. The fraction of sp³-hybridized carbons (Fsp3) is 0.100. The molecule has 0 saturated heterocycles. The molecule has 0 aliphatic rings. The Morgan fingerprint density at radius 1 is 0.962 bits per heavy atom. The van der Waals surface area contributed by atoms with Crippen molar-refractivity contribution in [3.63, 3.8) is 0 Å². The van der Waals surface area contributed by atoms with E-state index >= 15 is 0 Å². The van der Waals surface area contributed by atoms with Gasteiger partial charge in [0.25, 0.3) is 11.8 Å². The fourth-order valence-corrected chi connectivity index (χ4v) is 2.39. The molecule has 3 aromatic rings. The molecule has 132 valence electrons. The van der Waals surface area contributed by atoms with Gasteiger partial charge in [-0.3, -0.25) is 9.59 Å². The highest BCUT2D eigenvalue weighted by Crippen LogP contribution is 2.21. The highest BCUT2D eigenvalue weighted by atomic mass is 16.5. The van der Waals surface area contributed by atoms with Crippen molar-refractivity contribution < 1.29 is 18.7 Å². The van der Waals surface area contributed by atoms with Gasteiger partial charge in [-0.15, -0.1) is 0 Å². The lowest BCUT2D eigenvalue weighted by molar-refractivity contribution is 0.0993. The van der Waals surface area contributed by atoms with Crippen molar-refractivity contribution in [2.45, 2.75) is 6.92 Å². The molecule has 6 heteroatoms. The minimum absolute atomic E-state index is 0.204. The average Bonchev–Trinajstić information content (AvgIpc) is 3.18. The van der Waals surface area contributed by atoms with E-state index in [0.29, 0.717) is 22.7 Å². The van der Waals surface area contributed by atoms with Gasteiger partial charge in [0.1, 0.15) is 5.75 Å². The van der Waals surface area contributed by atoms with Gasteiger partial charge in [-0.05, 0) is 48.9 Å². The van der Waals surface area contributed by atoms with Gasteiger partial charge in [0.2, 0.25) is 0 Å². The zero-order valence-electron chi connectivity index (χ0n) is 14.4. The Hall–Kier alpha value is -3.54. The Bertz CT molecular complexity index is 933. The molecule has 6 nitrogen and oxygen atoms in total. The summed E-state index contributed by atoms with van der Waals surface area (Å²) in [5, 5.41) is 5.57. The highest BCUT2D eigenvalue weighted by Gasteiger charge is 2.13. The van der Waals surface area contributed by atoms with Crippen molar-refractivity contribution in [1.82, 2.24) is 0 Å². The number of nitrogens with one attached hydrogen (secondary N) is 2. The number of hydrogen-bond donors (Lipinski definition) is 2. The van der Waals surface area contributed by atoms with Crippen molar-refractivity contribution in [3.05, 3.63) is 77.7 Å². The van der Waals surface area contributed by atoms with E-state index in [1.165, 1.54) is 6.26 Å². The van der Waals surface area contributed by atoms with Gasteiger partial charge >= 0.3 is 0 Å². The van der Waals surface area contributed by atoms with E-state index < -0.39 is 0 Å². The summed E-state index contributed by atoms with van der Waals surface area (Å²) in [6.45, 7) is 1.85. The molecule has 1 heterocycles. The first-order valence-electron chi connectivity index (χ1n) is 7.98. The van der Waals surface area contributed by atoms with Crippen LogP contribution in [0, 0.1) is 6.92 Å². The molecule has 3 rings (SSSR count). The molecule has 0 aliphatic carbocycles. The van der Waals surface area contributed by atoms with Crippen molar-refractivity contribution >= 4 is 23.2 Å². The predicted molar refractivity (Wildman–Crippen MR) is 98.8 cm³/mol. The number of ether oxygens (including phenoxy) is 1. The van der Waals surface area contributed by atoms with E-state index in [1.54, 1.807) is 61.7 Å². The van der Waals surface area contributed by atoms with E-state index in [4.69, 9.17) is 9.15 Å². The second-order valence-electron chi connectivity index (χ2n) is 5.65. The van der Waals surface area contributed by atoms with E-state index in [0.717, 1.165) is 5.56 Å². The summed E-state index contributed by atoms with van der Waals surface area (Å²) in [5.74, 6) is 0.198. The van der Waals surface area contributed by atoms with E-state index in [2.05, 4.69) is 10.6 Å². The van der Waals surface area contributed by atoms with Crippen LogP contribution in [0.1, 0.15) is 26.5 Å². The SMILES string of the molecule is COc1cccc(NC(=O)c2ccc(C)c(NC(=O)c3ccco3)c2)c1. The van der Waals surface area contributed by atoms with Crippen LogP contribution in [0.5, 0.6) is 5.75 Å². The van der Waals surface area contributed by atoms with Gasteiger partial charge in [-0.25, -0.2) is 0 Å². The summed E-state index contributed by atoms with van der Waals surface area (Å²) in [5.41, 5.74) is 2.43. The number of carbonyl (C=O) groups is 2. The first-order valence-corrected chi connectivity index (χ1v) is 7.98.